The molecular weight excluding hydrogens is 200 g/mol. The lowest BCUT2D eigenvalue weighted by atomic mass is 10.3. The molecule has 0 aliphatic carbocycles. The standard InChI is InChI=1S/C6H8N2S2.ClH/c7-3-1-2-4(9)5(8)6(3)10;/h1-2,9-10H,7-8H2;1H. The number of thiol groups is 2. The van der Waals surface area contributed by atoms with E-state index in [9.17, 15) is 0 Å². The molecule has 5 heteroatoms. The molecule has 0 fully saturated rings. The van der Waals surface area contributed by atoms with Crippen LogP contribution in [-0.4, -0.2) is 0 Å². The van der Waals surface area contributed by atoms with Crippen molar-refractivity contribution in [2.75, 3.05) is 11.5 Å². The number of benzene rings is 1. The molecule has 1 rings (SSSR count). The summed E-state index contributed by atoms with van der Waals surface area (Å²) in [5, 5.41) is 0. The minimum absolute atomic E-state index is 0. The number of nitrogens with two attached hydrogens (primary N) is 2. The van der Waals surface area contributed by atoms with Crippen LogP contribution >= 0.6 is 37.7 Å². The first-order valence-electron chi connectivity index (χ1n) is 2.69. The fourth-order valence-electron chi connectivity index (χ4n) is 0.614. The largest absolute Gasteiger partial charge is 0.398 e. The molecule has 0 spiro atoms. The maximum atomic E-state index is 5.55. The van der Waals surface area contributed by atoms with Crippen LogP contribution in [0.15, 0.2) is 21.9 Å². The quantitative estimate of drug-likeness (QED) is 0.389. The van der Waals surface area contributed by atoms with Crippen molar-refractivity contribution in [1.29, 1.82) is 0 Å². The van der Waals surface area contributed by atoms with Gasteiger partial charge in [-0.3, -0.25) is 0 Å². The maximum Gasteiger partial charge on any atom is 0.0606 e. The molecule has 1 aromatic rings. The van der Waals surface area contributed by atoms with E-state index in [1.54, 1.807) is 12.1 Å². The summed E-state index contributed by atoms with van der Waals surface area (Å²) < 4.78 is 0. The first-order chi connectivity index (χ1) is 4.63. The third-order valence-corrected chi connectivity index (χ3v) is 2.11. The van der Waals surface area contributed by atoms with Gasteiger partial charge in [0.2, 0.25) is 0 Å². The molecule has 0 bridgehead atoms. The average molecular weight is 209 g/mol. The Balaban J connectivity index is 0.000001000. The van der Waals surface area contributed by atoms with Crippen molar-refractivity contribution < 1.29 is 0 Å². The van der Waals surface area contributed by atoms with Gasteiger partial charge in [-0.05, 0) is 12.1 Å². The van der Waals surface area contributed by atoms with E-state index in [0.717, 1.165) is 0 Å². The van der Waals surface area contributed by atoms with Gasteiger partial charge in [0, 0.05) is 10.6 Å². The number of halogens is 1. The molecule has 0 aliphatic heterocycles. The van der Waals surface area contributed by atoms with Gasteiger partial charge in [-0.2, -0.15) is 0 Å². The molecule has 4 N–H and O–H groups in total. The highest BCUT2D eigenvalue weighted by molar-refractivity contribution is 7.81. The van der Waals surface area contributed by atoms with Crippen molar-refractivity contribution in [3.63, 3.8) is 0 Å². The van der Waals surface area contributed by atoms with Crippen molar-refractivity contribution in [2.45, 2.75) is 9.79 Å². The molecular formula is C6H9ClN2S2. The zero-order valence-electron chi connectivity index (χ0n) is 5.61. The SMILES string of the molecule is Cl.Nc1ccc(S)c(N)c1S. The zero-order chi connectivity index (χ0) is 7.72. The van der Waals surface area contributed by atoms with E-state index in [2.05, 4.69) is 25.3 Å². The summed E-state index contributed by atoms with van der Waals surface area (Å²) in [6, 6.07) is 3.47. The Hall–Kier alpha value is -0.190. The Morgan fingerprint density at radius 1 is 1.09 bits per heavy atom. The number of hydrogen-bond acceptors (Lipinski definition) is 4. The van der Waals surface area contributed by atoms with Crippen LogP contribution in [0, 0.1) is 0 Å². The third kappa shape index (κ3) is 2.12. The maximum absolute atomic E-state index is 5.55. The van der Waals surface area contributed by atoms with Gasteiger partial charge in [-0.1, -0.05) is 0 Å². The summed E-state index contributed by atoms with van der Waals surface area (Å²) in [7, 11) is 0. The van der Waals surface area contributed by atoms with Crippen molar-refractivity contribution in [3.8, 4) is 0 Å². The van der Waals surface area contributed by atoms with Crippen LogP contribution in [0.1, 0.15) is 0 Å². The van der Waals surface area contributed by atoms with Gasteiger partial charge < -0.3 is 11.5 Å². The molecule has 2 nitrogen and oxygen atoms in total. The monoisotopic (exact) mass is 208 g/mol. The van der Waals surface area contributed by atoms with Crippen LogP contribution in [0.25, 0.3) is 0 Å². The smallest absolute Gasteiger partial charge is 0.0606 e. The zero-order valence-corrected chi connectivity index (χ0v) is 8.22. The van der Waals surface area contributed by atoms with Crippen LogP contribution in [-0.2, 0) is 0 Å². The van der Waals surface area contributed by atoms with Gasteiger partial charge in [0.15, 0.2) is 0 Å². The fraction of sp³-hybridized carbons (Fsp3) is 0. The summed E-state index contributed by atoms with van der Waals surface area (Å²) in [5.74, 6) is 0. The Morgan fingerprint density at radius 2 is 1.64 bits per heavy atom. The van der Waals surface area contributed by atoms with E-state index in [1.165, 1.54) is 0 Å². The topological polar surface area (TPSA) is 52.0 Å². The molecule has 0 saturated heterocycles. The molecule has 11 heavy (non-hydrogen) atoms. The second-order valence-corrected chi connectivity index (χ2v) is 2.87. The van der Waals surface area contributed by atoms with Gasteiger partial charge in [-0.15, -0.1) is 37.7 Å². The van der Waals surface area contributed by atoms with Crippen LogP contribution in [0.3, 0.4) is 0 Å². The van der Waals surface area contributed by atoms with Gasteiger partial charge in [0.1, 0.15) is 0 Å². The van der Waals surface area contributed by atoms with Crippen LogP contribution in [0.5, 0.6) is 0 Å². The van der Waals surface area contributed by atoms with Crippen molar-refractivity contribution in [2.24, 2.45) is 0 Å². The van der Waals surface area contributed by atoms with E-state index in [4.69, 9.17) is 11.5 Å². The van der Waals surface area contributed by atoms with E-state index in [0.29, 0.717) is 21.2 Å². The minimum atomic E-state index is 0. The normalized spacial score (nSPS) is 8.91. The number of nitrogen functional groups attached to an aromatic ring is 2. The van der Waals surface area contributed by atoms with E-state index in [1.807, 2.05) is 0 Å². The van der Waals surface area contributed by atoms with Crippen LogP contribution in [0.2, 0.25) is 0 Å². The third-order valence-electron chi connectivity index (χ3n) is 1.23. The summed E-state index contributed by atoms with van der Waals surface area (Å²) in [5.41, 5.74) is 12.2. The lowest BCUT2D eigenvalue weighted by molar-refractivity contribution is 1.36. The molecule has 0 aliphatic rings. The first-order valence-corrected chi connectivity index (χ1v) is 3.58. The fourth-order valence-corrected chi connectivity index (χ4v) is 1.08. The molecule has 62 valence electrons. The van der Waals surface area contributed by atoms with Crippen molar-refractivity contribution in [3.05, 3.63) is 12.1 Å². The average Bonchev–Trinajstić information content (AvgIpc) is 1.93. The Kier molecular flexibility index (Phi) is 3.92. The van der Waals surface area contributed by atoms with Gasteiger partial charge in [0.25, 0.3) is 0 Å². The number of anilines is 2. The molecule has 0 heterocycles. The van der Waals surface area contributed by atoms with Crippen LogP contribution in [0.4, 0.5) is 11.4 Å². The number of rotatable bonds is 0. The summed E-state index contributed by atoms with van der Waals surface area (Å²) >= 11 is 8.17. The van der Waals surface area contributed by atoms with E-state index < -0.39 is 0 Å². The van der Waals surface area contributed by atoms with Crippen molar-refractivity contribution >= 4 is 49.0 Å². The lowest BCUT2D eigenvalue weighted by Crippen LogP contribution is -1.93. The van der Waals surface area contributed by atoms with Crippen LogP contribution < -0.4 is 11.5 Å². The minimum Gasteiger partial charge on any atom is -0.398 e. The molecule has 0 aromatic heterocycles. The molecule has 0 radical (unpaired) electrons. The Labute approximate surface area is 82.6 Å². The lowest BCUT2D eigenvalue weighted by Gasteiger charge is -2.04. The van der Waals surface area contributed by atoms with E-state index >= 15 is 0 Å². The molecule has 1 aromatic carbocycles. The second-order valence-electron chi connectivity index (χ2n) is 1.94. The molecule has 0 atom stereocenters. The second kappa shape index (κ2) is 3.99. The number of hydrogen-bond donors (Lipinski definition) is 4. The summed E-state index contributed by atoms with van der Waals surface area (Å²) in [6.45, 7) is 0. The highest BCUT2D eigenvalue weighted by Crippen LogP contribution is 2.28. The highest BCUT2D eigenvalue weighted by Gasteiger charge is 2.00. The highest BCUT2D eigenvalue weighted by atomic mass is 35.5. The molecule has 0 amide bonds. The first kappa shape index (κ1) is 10.8. The Morgan fingerprint density at radius 3 is 2.09 bits per heavy atom. The van der Waals surface area contributed by atoms with Crippen molar-refractivity contribution in [1.82, 2.24) is 0 Å². The summed E-state index contributed by atoms with van der Waals surface area (Å²) in [4.78, 5) is 1.31. The van der Waals surface area contributed by atoms with Gasteiger partial charge in [-0.25, -0.2) is 0 Å². The molecule has 0 saturated carbocycles. The van der Waals surface area contributed by atoms with Gasteiger partial charge >= 0.3 is 0 Å². The van der Waals surface area contributed by atoms with E-state index in [-0.39, 0.29) is 12.4 Å². The molecule has 0 unspecified atom stereocenters. The predicted octanol–water partition coefficient (Wildman–Crippen LogP) is 1.85. The predicted molar refractivity (Wildman–Crippen MR) is 57.0 cm³/mol. The Bertz CT molecular complexity index is 238. The summed E-state index contributed by atoms with van der Waals surface area (Å²) in [6.07, 6.45) is 0. The van der Waals surface area contributed by atoms with Gasteiger partial charge in [0.05, 0.1) is 10.6 Å².